The zero-order chi connectivity index (χ0) is 15.7. The summed E-state index contributed by atoms with van der Waals surface area (Å²) >= 11 is 6.43. The molecule has 0 saturated heterocycles. The number of hydrogen-bond donors (Lipinski definition) is 1. The molecule has 1 nitrogen and oxygen atoms in total. The van der Waals surface area contributed by atoms with E-state index in [4.69, 9.17) is 17.3 Å². The zero-order valence-electron chi connectivity index (χ0n) is 13.8. The van der Waals surface area contributed by atoms with E-state index in [1.807, 2.05) is 6.92 Å². The summed E-state index contributed by atoms with van der Waals surface area (Å²) in [6.07, 6.45) is 12.3. The van der Waals surface area contributed by atoms with E-state index in [2.05, 4.69) is 6.08 Å². The van der Waals surface area contributed by atoms with Crippen LogP contribution in [0.15, 0.2) is 11.6 Å². The van der Waals surface area contributed by atoms with E-state index in [1.54, 1.807) is 0 Å². The SMILES string of the molecule is CC1CCC(C2=CCC(C3CCC(N)CC3)CC2)C(Cl)C1F. The molecule has 2 N–H and O–H groups in total. The Morgan fingerprint density at radius 1 is 1.05 bits per heavy atom. The highest BCUT2D eigenvalue weighted by atomic mass is 35.5. The maximum atomic E-state index is 14.2. The van der Waals surface area contributed by atoms with Gasteiger partial charge in [0, 0.05) is 6.04 Å². The van der Waals surface area contributed by atoms with Crippen LogP contribution in [0.3, 0.4) is 0 Å². The van der Waals surface area contributed by atoms with Crippen LogP contribution in [0.4, 0.5) is 4.39 Å². The molecule has 126 valence electrons. The van der Waals surface area contributed by atoms with Gasteiger partial charge in [-0.2, -0.15) is 0 Å². The predicted octanol–water partition coefficient (Wildman–Crippen LogP) is 5.22. The van der Waals surface area contributed by atoms with Gasteiger partial charge in [0.05, 0.1) is 5.38 Å². The standard InChI is InChI=1S/C19H31ClFN/c1-12-2-11-17(18(20)19(12)21)15-5-3-13(4-6-15)14-7-9-16(22)10-8-14/h5,12-14,16-19H,2-4,6-11,22H2,1H3. The summed E-state index contributed by atoms with van der Waals surface area (Å²) in [6.45, 7) is 2.00. The average Bonchev–Trinajstić information content (AvgIpc) is 2.54. The Morgan fingerprint density at radius 2 is 1.77 bits per heavy atom. The lowest BCUT2D eigenvalue weighted by molar-refractivity contribution is 0.150. The van der Waals surface area contributed by atoms with Gasteiger partial charge in [0.15, 0.2) is 0 Å². The fraction of sp³-hybridized carbons (Fsp3) is 0.895. The van der Waals surface area contributed by atoms with Crippen molar-refractivity contribution >= 4 is 11.6 Å². The van der Waals surface area contributed by atoms with Crippen molar-refractivity contribution in [1.82, 2.24) is 0 Å². The monoisotopic (exact) mass is 327 g/mol. The fourth-order valence-corrected chi connectivity index (χ4v) is 5.48. The molecule has 2 fully saturated rings. The maximum absolute atomic E-state index is 14.2. The molecule has 0 aliphatic heterocycles. The molecule has 0 bridgehead atoms. The Hall–Kier alpha value is -0.0800. The molecule has 3 rings (SSSR count). The smallest absolute Gasteiger partial charge is 0.120 e. The minimum atomic E-state index is -0.834. The Kier molecular flexibility index (Phi) is 5.50. The lowest BCUT2D eigenvalue weighted by Crippen LogP contribution is -2.37. The van der Waals surface area contributed by atoms with Crippen LogP contribution in [0.5, 0.6) is 0 Å². The first-order valence-electron chi connectivity index (χ1n) is 9.29. The molecule has 3 aliphatic rings. The van der Waals surface area contributed by atoms with E-state index in [1.165, 1.54) is 44.1 Å². The molecular weight excluding hydrogens is 297 g/mol. The predicted molar refractivity (Wildman–Crippen MR) is 91.8 cm³/mol. The summed E-state index contributed by atoms with van der Waals surface area (Å²) in [7, 11) is 0. The van der Waals surface area contributed by atoms with E-state index >= 15 is 0 Å². The Morgan fingerprint density at radius 3 is 2.41 bits per heavy atom. The first kappa shape index (κ1) is 16.8. The Bertz CT molecular complexity index is 402. The Balaban J connectivity index is 1.57. The highest BCUT2D eigenvalue weighted by molar-refractivity contribution is 6.21. The minimum Gasteiger partial charge on any atom is -0.328 e. The molecule has 0 amide bonds. The van der Waals surface area contributed by atoms with E-state index in [-0.39, 0.29) is 17.2 Å². The van der Waals surface area contributed by atoms with Gasteiger partial charge >= 0.3 is 0 Å². The summed E-state index contributed by atoms with van der Waals surface area (Å²) in [6, 6.07) is 0.439. The van der Waals surface area contributed by atoms with Crippen molar-refractivity contribution in [1.29, 1.82) is 0 Å². The average molecular weight is 328 g/mol. The number of alkyl halides is 2. The maximum Gasteiger partial charge on any atom is 0.120 e. The van der Waals surface area contributed by atoms with Crippen LogP contribution < -0.4 is 5.73 Å². The molecule has 5 unspecified atom stereocenters. The highest BCUT2D eigenvalue weighted by Gasteiger charge is 2.39. The molecular formula is C19H31ClFN. The molecule has 3 aliphatic carbocycles. The third kappa shape index (κ3) is 3.53. The third-order valence-corrected chi connectivity index (χ3v) is 7.16. The number of nitrogens with two attached hydrogens (primary N) is 1. The van der Waals surface area contributed by atoms with Gasteiger partial charge in [0.2, 0.25) is 0 Å². The Labute approximate surface area is 139 Å². The summed E-state index contributed by atoms with van der Waals surface area (Å²) in [5.74, 6) is 2.11. The first-order chi connectivity index (χ1) is 10.6. The van der Waals surface area contributed by atoms with Gasteiger partial charge in [0.1, 0.15) is 6.17 Å². The summed E-state index contributed by atoms with van der Waals surface area (Å²) in [4.78, 5) is 0. The molecule has 0 aromatic rings. The third-order valence-electron chi connectivity index (χ3n) is 6.61. The van der Waals surface area contributed by atoms with Crippen LogP contribution in [-0.2, 0) is 0 Å². The van der Waals surface area contributed by atoms with Gasteiger partial charge in [0.25, 0.3) is 0 Å². The van der Waals surface area contributed by atoms with E-state index in [9.17, 15) is 4.39 Å². The number of rotatable bonds is 2. The molecule has 0 aromatic carbocycles. The minimum absolute atomic E-state index is 0.127. The van der Waals surface area contributed by atoms with Gasteiger partial charge in [-0.15, -0.1) is 11.6 Å². The van der Waals surface area contributed by atoms with Crippen molar-refractivity contribution in [3.63, 3.8) is 0 Å². The van der Waals surface area contributed by atoms with Gasteiger partial charge in [-0.25, -0.2) is 4.39 Å². The van der Waals surface area contributed by atoms with Gasteiger partial charge in [-0.1, -0.05) is 18.6 Å². The molecule has 2 saturated carbocycles. The second kappa shape index (κ2) is 7.21. The molecule has 0 radical (unpaired) electrons. The van der Waals surface area contributed by atoms with Crippen LogP contribution >= 0.6 is 11.6 Å². The second-order valence-electron chi connectivity index (χ2n) is 8.04. The van der Waals surface area contributed by atoms with Crippen molar-refractivity contribution in [3.8, 4) is 0 Å². The second-order valence-corrected chi connectivity index (χ2v) is 8.54. The van der Waals surface area contributed by atoms with Crippen molar-refractivity contribution in [3.05, 3.63) is 11.6 Å². The summed E-state index contributed by atoms with van der Waals surface area (Å²) in [5.41, 5.74) is 7.48. The van der Waals surface area contributed by atoms with E-state index < -0.39 is 6.17 Å². The molecule has 0 spiro atoms. The molecule has 22 heavy (non-hydrogen) atoms. The number of hydrogen-bond acceptors (Lipinski definition) is 1. The van der Waals surface area contributed by atoms with Gasteiger partial charge in [-0.05, 0) is 81.5 Å². The van der Waals surface area contributed by atoms with E-state index in [0.717, 1.165) is 31.1 Å². The summed E-state index contributed by atoms with van der Waals surface area (Å²) < 4.78 is 14.2. The van der Waals surface area contributed by atoms with Crippen molar-refractivity contribution in [2.24, 2.45) is 29.4 Å². The van der Waals surface area contributed by atoms with Crippen LogP contribution in [0, 0.1) is 23.7 Å². The lowest BCUT2D eigenvalue weighted by atomic mass is 9.69. The molecule has 0 aromatic heterocycles. The largest absolute Gasteiger partial charge is 0.328 e. The first-order valence-corrected chi connectivity index (χ1v) is 9.72. The van der Waals surface area contributed by atoms with Crippen LogP contribution in [0.25, 0.3) is 0 Å². The fourth-order valence-electron chi connectivity index (χ4n) is 4.94. The molecule has 3 heteroatoms. The van der Waals surface area contributed by atoms with E-state index in [0.29, 0.717) is 6.04 Å². The zero-order valence-corrected chi connectivity index (χ0v) is 14.6. The van der Waals surface area contributed by atoms with Crippen LogP contribution in [-0.4, -0.2) is 17.6 Å². The van der Waals surface area contributed by atoms with Gasteiger partial charge < -0.3 is 5.73 Å². The van der Waals surface area contributed by atoms with Crippen molar-refractivity contribution in [2.75, 3.05) is 0 Å². The van der Waals surface area contributed by atoms with Crippen molar-refractivity contribution in [2.45, 2.75) is 82.3 Å². The lowest BCUT2D eigenvalue weighted by Gasteiger charge is -2.39. The van der Waals surface area contributed by atoms with Crippen LogP contribution in [0.1, 0.15) is 64.7 Å². The number of halogens is 2. The highest BCUT2D eigenvalue weighted by Crippen LogP contribution is 2.44. The van der Waals surface area contributed by atoms with Gasteiger partial charge in [-0.3, -0.25) is 0 Å². The normalized spacial score (nSPS) is 47.1. The number of allylic oxidation sites excluding steroid dienone is 2. The molecule has 5 atom stereocenters. The van der Waals surface area contributed by atoms with Crippen LogP contribution in [0.2, 0.25) is 0 Å². The van der Waals surface area contributed by atoms with Crippen molar-refractivity contribution < 1.29 is 4.39 Å². The summed E-state index contributed by atoms with van der Waals surface area (Å²) in [5, 5.41) is -0.306. The molecule has 0 heterocycles. The topological polar surface area (TPSA) is 26.0 Å². The quantitative estimate of drug-likeness (QED) is 0.546.